The summed E-state index contributed by atoms with van der Waals surface area (Å²) in [5.41, 5.74) is 1.12. The van der Waals surface area contributed by atoms with Crippen molar-refractivity contribution in [3.63, 3.8) is 0 Å². The molecule has 6 heteroatoms. The van der Waals surface area contributed by atoms with Crippen LogP contribution in [0.1, 0.15) is 50.1 Å². The zero-order valence-electron chi connectivity index (χ0n) is 12.5. The summed E-state index contributed by atoms with van der Waals surface area (Å²) in [6, 6.07) is 0.629. The molecule has 3 rings (SSSR count). The number of rotatable bonds is 3. The highest BCUT2D eigenvalue weighted by Gasteiger charge is 2.31. The van der Waals surface area contributed by atoms with Crippen molar-refractivity contribution in [3.05, 3.63) is 18.0 Å². The average molecular weight is 308 g/mol. The van der Waals surface area contributed by atoms with Crippen molar-refractivity contribution >= 4 is 17.8 Å². The molecule has 3 atom stereocenters. The van der Waals surface area contributed by atoms with Crippen LogP contribution < -0.4 is 5.32 Å². The lowest BCUT2D eigenvalue weighted by atomic mass is 9.98. The maximum atomic E-state index is 12.6. The van der Waals surface area contributed by atoms with Gasteiger partial charge in [0.05, 0.1) is 12.2 Å². The zero-order chi connectivity index (χ0) is 14.7. The number of H-pyrrole nitrogens is 1. The number of carbonyl (C=O) groups is 1. The van der Waals surface area contributed by atoms with Gasteiger partial charge in [0.1, 0.15) is 0 Å². The molecule has 2 amide bonds. The van der Waals surface area contributed by atoms with Crippen LogP contribution in [0.3, 0.4) is 0 Å². The largest absolute Gasteiger partial charge is 0.335 e. The van der Waals surface area contributed by atoms with Crippen molar-refractivity contribution in [1.29, 1.82) is 0 Å². The minimum absolute atomic E-state index is 0.104. The molecule has 1 aliphatic heterocycles. The summed E-state index contributed by atoms with van der Waals surface area (Å²) in [4.78, 5) is 14.6. The van der Waals surface area contributed by atoms with E-state index >= 15 is 0 Å². The van der Waals surface area contributed by atoms with Crippen molar-refractivity contribution < 1.29 is 4.79 Å². The van der Waals surface area contributed by atoms with E-state index in [1.54, 1.807) is 0 Å². The van der Waals surface area contributed by atoms with Crippen molar-refractivity contribution in [3.8, 4) is 0 Å². The molecule has 2 fully saturated rings. The highest BCUT2D eigenvalue weighted by Crippen LogP contribution is 2.32. The number of nitrogens with zero attached hydrogens (tertiary/aromatic N) is 2. The first-order valence-electron chi connectivity index (χ1n) is 7.86. The zero-order valence-corrected chi connectivity index (χ0v) is 13.4. The first-order chi connectivity index (χ1) is 10.3. The van der Waals surface area contributed by atoms with E-state index < -0.39 is 0 Å². The van der Waals surface area contributed by atoms with Crippen molar-refractivity contribution in [2.75, 3.05) is 12.8 Å². The van der Waals surface area contributed by atoms with Gasteiger partial charge in [0.25, 0.3) is 0 Å². The Kier molecular flexibility index (Phi) is 4.73. The highest BCUT2D eigenvalue weighted by molar-refractivity contribution is 7.99. The van der Waals surface area contributed by atoms with E-state index in [1.807, 2.05) is 29.1 Å². The molecule has 5 nitrogen and oxygen atoms in total. The first kappa shape index (κ1) is 14.8. The van der Waals surface area contributed by atoms with Gasteiger partial charge < -0.3 is 10.2 Å². The Bertz CT molecular complexity index is 464. The minimum atomic E-state index is 0.104. The Morgan fingerprint density at radius 3 is 3.05 bits per heavy atom. The molecule has 2 aliphatic rings. The van der Waals surface area contributed by atoms with Gasteiger partial charge in [-0.3, -0.25) is 5.10 Å². The molecule has 2 N–H and O–H groups in total. The lowest BCUT2D eigenvalue weighted by Gasteiger charge is -2.36. The van der Waals surface area contributed by atoms with E-state index in [0.29, 0.717) is 11.3 Å². The first-order valence-corrected chi connectivity index (χ1v) is 9.15. The van der Waals surface area contributed by atoms with Crippen LogP contribution in [0.15, 0.2) is 12.4 Å². The number of likely N-dealkylation sites (tertiary alicyclic amines) is 1. The summed E-state index contributed by atoms with van der Waals surface area (Å²) < 4.78 is 0. The summed E-state index contributed by atoms with van der Waals surface area (Å²) >= 11 is 1.92. The molecule has 3 unspecified atom stereocenters. The molecule has 21 heavy (non-hydrogen) atoms. The van der Waals surface area contributed by atoms with Gasteiger partial charge in [-0.15, -0.1) is 0 Å². The predicted octanol–water partition coefficient (Wildman–Crippen LogP) is 2.93. The van der Waals surface area contributed by atoms with E-state index in [-0.39, 0.29) is 12.1 Å². The summed E-state index contributed by atoms with van der Waals surface area (Å²) in [6.07, 6.45) is 12.7. The second-order valence-corrected chi connectivity index (χ2v) is 7.19. The molecular weight excluding hydrogens is 284 g/mol. The maximum Gasteiger partial charge on any atom is 0.318 e. The standard InChI is InChI=1S/C15H24N4OS/c1-21-13-6-5-12(8-13)18-15(20)19-7-3-2-4-14(19)11-9-16-17-10-11/h9-10,12-14H,2-8H2,1H3,(H,16,17)(H,18,20). The van der Waals surface area contributed by atoms with Crippen molar-refractivity contribution in [2.45, 2.75) is 55.9 Å². The normalized spacial score (nSPS) is 29.6. The van der Waals surface area contributed by atoms with Gasteiger partial charge in [0.2, 0.25) is 0 Å². The number of thioether (sulfide) groups is 1. The Morgan fingerprint density at radius 2 is 2.33 bits per heavy atom. The summed E-state index contributed by atoms with van der Waals surface area (Å²) in [7, 11) is 0. The van der Waals surface area contributed by atoms with E-state index in [4.69, 9.17) is 0 Å². The molecule has 2 heterocycles. The van der Waals surface area contributed by atoms with Gasteiger partial charge in [0, 0.05) is 29.6 Å². The number of carbonyl (C=O) groups excluding carboxylic acids is 1. The second kappa shape index (κ2) is 6.73. The molecule has 0 aromatic carbocycles. The Balaban J connectivity index is 1.62. The molecule has 1 aromatic heterocycles. The molecule has 0 spiro atoms. The molecule has 116 valence electrons. The van der Waals surface area contributed by atoms with Crippen LogP contribution in [0.2, 0.25) is 0 Å². The van der Waals surface area contributed by atoms with Gasteiger partial charge in [-0.1, -0.05) is 0 Å². The molecule has 1 saturated carbocycles. The van der Waals surface area contributed by atoms with Crippen LogP contribution in [0.4, 0.5) is 4.79 Å². The summed E-state index contributed by atoms with van der Waals surface area (Å²) in [6.45, 7) is 0.848. The Labute approximate surface area is 130 Å². The van der Waals surface area contributed by atoms with Gasteiger partial charge in [-0.2, -0.15) is 16.9 Å². The predicted molar refractivity (Wildman–Crippen MR) is 85.4 cm³/mol. The van der Waals surface area contributed by atoms with Gasteiger partial charge in [-0.25, -0.2) is 4.79 Å². The topological polar surface area (TPSA) is 61.0 Å². The highest BCUT2D eigenvalue weighted by atomic mass is 32.2. The molecule has 0 radical (unpaired) electrons. The molecular formula is C15H24N4OS. The number of aromatic nitrogens is 2. The average Bonchev–Trinajstić information content (AvgIpc) is 3.18. The third-order valence-electron chi connectivity index (χ3n) is 4.71. The van der Waals surface area contributed by atoms with Crippen LogP contribution in [0.5, 0.6) is 0 Å². The molecule has 1 aliphatic carbocycles. The SMILES string of the molecule is CSC1CCC(NC(=O)N2CCCCC2c2cn[nH]c2)C1. The third kappa shape index (κ3) is 3.36. The third-order valence-corrected chi connectivity index (χ3v) is 5.81. The lowest BCUT2D eigenvalue weighted by Crippen LogP contribution is -2.47. The minimum Gasteiger partial charge on any atom is -0.335 e. The number of hydrogen-bond donors (Lipinski definition) is 2. The van der Waals surface area contributed by atoms with Gasteiger partial charge in [0.15, 0.2) is 0 Å². The Morgan fingerprint density at radius 1 is 1.43 bits per heavy atom. The number of amides is 2. The fourth-order valence-corrected chi connectivity index (χ4v) is 4.30. The monoisotopic (exact) mass is 308 g/mol. The lowest BCUT2D eigenvalue weighted by molar-refractivity contribution is 0.148. The number of piperidine rings is 1. The molecule has 1 saturated heterocycles. The Hall–Kier alpha value is -1.17. The van der Waals surface area contributed by atoms with E-state index in [0.717, 1.165) is 37.8 Å². The van der Waals surface area contributed by atoms with Crippen LogP contribution in [-0.4, -0.2) is 45.2 Å². The summed E-state index contributed by atoms with van der Waals surface area (Å²) in [5, 5.41) is 10.8. The fourth-order valence-electron chi connectivity index (χ4n) is 3.51. The van der Waals surface area contributed by atoms with E-state index in [2.05, 4.69) is 21.8 Å². The number of urea groups is 1. The smallest absolute Gasteiger partial charge is 0.318 e. The number of aromatic amines is 1. The quantitative estimate of drug-likeness (QED) is 0.902. The van der Waals surface area contributed by atoms with Crippen molar-refractivity contribution in [1.82, 2.24) is 20.4 Å². The van der Waals surface area contributed by atoms with E-state index in [9.17, 15) is 4.79 Å². The van der Waals surface area contributed by atoms with Crippen LogP contribution in [0, 0.1) is 0 Å². The maximum absolute atomic E-state index is 12.6. The van der Waals surface area contributed by atoms with Crippen LogP contribution >= 0.6 is 11.8 Å². The number of hydrogen-bond acceptors (Lipinski definition) is 3. The molecule has 1 aromatic rings. The molecule has 0 bridgehead atoms. The van der Waals surface area contributed by atoms with Crippen molar-refractivity contribution in [2.24, 2.45) is 0 Å². The second-order valence-electron chi connectivity index (χ2n) is 6.05. The van der Waals surface area contributed by atoms with Crippen LogP contribution in [-0.2, 0) is 0 Å². The fraction of sp³-hybridized carbons (Fsp3) is 0.733. The number of nitrogens with one attached hydrogen (secondary N) is 2. The van der Waals surface area contributed by atoms with Gasteiger partial charge in [-0.05, 0) is 44.8 Å². The van der Waals surface area contributed by atoms with E-state index in [1.165, 1.54) is 12.8 Å². The van der Waals surface area contributed by atoms with Gasteiger partial charge >= 0.3 is 6.03 Å². The summed E-state index contributed by atoms with van der Waals surface area (Å²) in [5.74, 6) is 0. The van der Waals surface area contributed by atoms with Crippen LogP contribution in [0.25, 0.3) is 0 Å².